The minimum Gasteiger partial charge on any atom is -0.333 e. The van der Waals surface area contributed by atoms with Crippen LogP contribution in [-0.2, 0) is 9.59 Å². The molecule has 0 N–H and O–H groups in total. The van der Waals surface area contributed by atoms with E-state index in [4.69, 9.17) is 0 Å². The van der Waals surface area contributed by atoms with Gasteiger partial charge in [0.1, 0.15) is 0 Å². The van der Waals surface area contributed by atoms with Crippen molar-refractivity contribution in [2.45, 2.75) is 150 Å². The first-order valence-corrected chi connectivity index (χ1v) is 20.7. The average molecular weight is 658 g/mol. The lowest BCUT2D eigenvalue weighted by atomic mass is 9.53. The van der Waals surface area contributed by atoms with Gasteiger partial charge >= 0.3 is 0 Å². The Morgan fingerprint density at radius 1 is 0.429 bits per heavy atom. The highest BCUT2D eigenvalue weighted by atomic mass is 16.2. The standard InChI is InChI=1S/C44H55N3O2/c48-43-32-18-9-7-16-30(32)34-22-28(26-12-3-1-4-13-26)24-38-40(34)46(43)36-20-11-21-37-42(36)45(38)39-25-29(27-14-5-2-6-15-27)23-35-31-17-8-10-19-33(31)44(49)47(37)41(35)39/h1-6,12-15,28-42H,7-11,16-25H2. The van der Waals surface area contributed by atoms with Crippen LogP contribution in [0.3, 0.4) is 0 Å². The molecule has 4 aliphatic heterocycles. The Morgan fingerprint density at radius 2 is 0.878 bits per heavy atom. The SMILES string of the molecule is O=C1C2CCCCC2C2CC(c3ccccc3)CC3C2N1C1CCCC2C1N3C1CC(c3ccccc3)CC3C4CCCCC4C(=O)N2C31. The number of carbonyl (C=O) groups excluding carboxylic acids is 2. The Labute approximate surface area is 293 Å². The van der Waals surface area contributed by atoms with Crippen molar-refractivity contribution in [1.29, 1.82) is 0 Å². The predicted octanol–water partition coefficient (Wildman–Crippen LogP) is 7.76. The third-order valence-corrected chi connectivity index (χ3v) is 16.5. The smallest absolute Gasteiger partial charge is 0.226 e. The summed E-state index contributed by atoms with van der Waals surface area (Å²) in [6, 6.07) is 25.2. The maximum Gasteiger partial charge on any atom is 0.226 e. The van der Waals surface area contributed by atoms with Crippen LogP contribution in [0.1, 0.15) is 119 Å². The van der Waals surface area contributed by atoms with Crippen LogP contribution in [0.2, 0.25) is 0 Å². The number of piperidine rings is 2. The van der Waals surface area contributed by atoms with E-state index in [1.54, 1.807) is 0 Å². The summed E-state index contributed by atoms with van der Waals surface area (Å²) in [5.74, 6) is 4.82. The second kappa shape index (κ2) is 11.4. The lowest BCUT2D eigenvalue weighted by Gasteiger charge is -2.74. The molecule has 5 heteroatoms. The molecule has 11 rings (SSSR count). The first-order chi connectivity index (χ1) is 24.2. The Bertz CT molecular complexity index is 1480. The van der Waals surface area contributed by atoms with Gasteiger partial charge in [-0.3, -0.25) is 14.5 Å². The van der Waals surface area contributed by atoms with Gasteiger partial charge in [0.25, 0.3) is 0 Å². The number of amides is 2. The Balaban J connectivity index is 1.08. The summed E-state index contributed by atoms with van der Waals surface area (Å²) in [6.45, 7) is 0. The van der Waals surface area contributed by atoms with E-state index in [2.05, 4.69) is 75.4 Å². The molecule has 14 atom stereocenters. The van der Waals surface area contributed by atoms with E-state index < -0.39 is 0 Å². The quantitative estimate of drug-likeness (QED) is 0.332. The molecule has 4 heterocycles. The number of benzene rings is 2. The van der Waals surface area contributed by atoms with E-state index in [-0.39, 0.29) is 30.0 Å². The summed E-state index contributed by atoms with van der Waals surface area (Å²) in [4.78, 5) is 38.2. The molecule has 14 unspecified atom stereocenters. The topological polar surface area (TPSA) is 43.9 Å². The van der Waals surface area contributed by atoms with Gasteiger partial charge in [-0.25, -0.2) is 0 Å². The highest BCUT2D eigenvalue weighted by molar-refractivity contribution is 5.83. The van der Waals surface area contributed by atoms with E-state index in [0.29, 0.717) is 71.5 Å². The van der Waals surface area contributed by atoms with E-state index in [0.717, 1.165) is 44.9 Å². The molecular weight excluding hydrogens is 603 g/mol. The fourth-order valence-electron chi connectivity index (χ4n) is 15.0. The first kappa shape index (κ1) is 30.0. The molecule has 4 saturated heterocycles. The molecule has 5 saturated carbocycles. The lowest BCUT2D eigenvalue weighted by Crippen LogP contribution is -2.86. The van der Waals surface area contributed by atoms with E-state index >= 15 is 0 Å². The Kier molecular flexibility index (Phi) is 7.00. The minimum atomic E-state index is 0.217. The molecule has 2 amide bonds. The van der Waals surface area contributed by atoms with E-state index in [1.165, 1.54) is 62.5 Å². The first-order valence-electron chi connectivity index (χ1n) is 20.7. The lowest BCUT2D eigenvalue weighted by molar-refractivity contribution is -0.237. The molecule has 0 aromatic heterocycles. The Morgan fingerprint density at radius 3 is 1.35 bits per heavy atom. The number of fused-ring (bicyclic) bond motifs is 8. The largest absolute Gasteiger partial charge is 0.333 e. The van der Waals surface area contributed by atoms with Gasteiger partial charge in [0.15, 0.2) is 0 Å². The fourth-order valence-corrected chi connectivity index (χ4v) is 15.0. The summed E-state index contributed by atoms with van der Waals surface area (Å²) in [5.41, 5.74) is 3.03. The van der Waals surface area contributed by atoms with Gasteiger partial charge in [-0.2, -0.15) is 0 Å². The second-order valence-corrected chi connectivity index (χ2v) is 18.2. The van der Waals surface area contributed by atoms with Crippen LogP contribution in [0.4, 0.5) is 0 Å². The molecule has 0 bridgehead atoms. The van der Waals surface area contributed by atoms with Gasteiger partial charge in [-0.05, 0) is 117 Å². The fraction of sp³-hybridized carbons (Fsp3) is 0.682. The van der Waals surface area contributed by atoms with Crippen LogP contribution in [0.15, 0.2) is 60.7 Å². The maximum atomic E-state index is 15.0. The van der Waals surface area contributed by atoms with Gasteiger partial charge in [-0.1, -0.05) is 86.3 Å². The number of hydrogen-bond acceptors (Lipinski definition) is 3. The molecule has 0 spiro atoms. The van der Waals surface area contributed by atoms with Gasteiger partial charge in [0, 0.05) is 36.0 Å². The van der Waals surface area contributed by atoms with Crippen molar-refractivity contribution < 1.29 is 9.59 Å². The normalized spacial score (nSPS) is 46.9. The molecule has 49 heavy (non-hydrogen) atoms. The van der Waals surface area contributed by atoms with E-state index in [1.807, 2.05) is 0 Å². The van der Waals surface area contributed by atoms with Crippen LogP contribution in [0.25, 0.3) is 0 Å². The highest BCUT2D eigenvalue weighted by Gasteiger charge is 2.69. The van der Waals surface area contributed by atoms with Crippen LogP contribution < -0.4 is 0 Å². The Hall–Kier alpha value is -2.66. The number of hydrogen-bond donors (Lipinski definition) is 0. The van der Waals surface area contributed by atoms with Gasteiger partial charge in [0.05, 0.1) is 18.1 Å². The third kappa shape index (κ3) is 4.26. The monoisotopic (exact) mass is 657 g/mol. The predicted molar refractivity (Wildman–Crippen MR) is 191 cm³/mol. The highest BCUT2D eigenvalue weighted by Crippen LogP contribution is 2.61. The molecule has 2 aromatic rings. The van der Waals surface area contributed by atoms with Crippen LogP contribution >= 0.6 is 0 Å². The van der Waals surface area contributed by atoms with Crippen molar-refractivity contribution in [2.75, 3.05) is 0 Å². The number of carbonyl (C=O) groups is 2. The third-order valence-electron chi connectivity index (χ3n) is 16.5. The van der Waals surface area contributed by atoms with Crippen LogP contribution in [0, 0.1) is 35.5 Å². The van der Waals surface area contributed by atoms with Crippen LogP contribution in [0.5, 0.6) is 0 Å². The van der Waals surface area contributed by atoms with Crippen molar-refractivity contribution in [3.8, 4) is 0 Å². The summed E-state index contributed by atoms with van der Waals surface area (Å²) in [7, 11) is 0. The molecule has 258 valence electrons. The van der Waals surface area contributed by atoms with Crippen molar-refractivity contribution in [3.63, 3.8) is 0 Å². The zero-order valence-electron chi connectivity index (χ0n) is 29.2. The van der Waals surface area contributed by atoms with Crippen molar-refractivity contribution >= 4 is 11.8 Å². The van der Waals surface area contributed by atoms with Gasteiger partial charge in [0.2, 0.25) is 11.8 Å². The van der Waals surface area contributed by atoms with E-state index in [9.17, 15) is 9.59 Å². The zero-order chi connectivity index (χ0) is 32.4. The van der Waals surface area contributed by atoms with Crippen LogP contribution in [-0.4, -0.2) is 68.8 Å². The number of nitrogens with zero attached hydrogens (tertiary/aromatic N) is 3. The molecule has 2 aromatic carbocycles. The summed E-state index contributed by atoms with van der Waals surface area (Å²) in [5, 5.41) is 0. The second-order valence-electron chi connectivity index (χ2n) is 18.2. The summed E-state index contributed by atoms with van der Waals surface area (Å²) < 4.78 is 0. The summed E-state index contributed by atoms with van der Waals surface area (Å²) >= 11 is 0. The molecule has 0 radical (unpaired) electrons. The molecule has 5 nitrogen and oxygen atoms in total. The minimum absolute atomic E-state index is 0.217. The van der Waals surface area contributed by atoms with Crippen molar-refractivity contribution in [2.24, 2.45) is 35.5 Å². The van der Waals surface area contributed by atoms with Gasteiger partial charge < -0.3 is 9.80 Å². The number of rotatable bonds is 2. The molecule has 5 aliphatic carbocycles. The molecule has 9 aliphatic rings. The zero-order valence-corrected chi connectivity index (χ0v) is 29.2. The molecular formula is C44H55N3O2. The summed E-state index contributed by atoms with van der Waals surface area (Å²) in [6.07, 6.45) is 17.9. The van der Waals surface area contributed by atoms with Crippen molar-refractivity contribution in [3.05, 3.63) is 71.8 Å². The number of piperazine rings is 2. The van der Waals surface area contributed by atoms with Crippen molar-refractivity contribution in [1.82, 2.24) is 14.7 Å². The van der Waals surface area contributed by atoms with Gasteiger partial charge in [-0.15, -0.1) is 0 Å². The maximum absolute atomic E-state index is 15.0. The average Bonchev–Trinajstić information content (AvgIpc) is 3.17. The molecule has 9 fully saturated rings.